The number of hydrogen-bond donors (Lipinski definition) is 0. The van der Waals surface area contributed by atoms with Gasteiger partial charge in [0, 0.05) is 0 Å². The molecule has 0 aromatic heterocycles. The van der Waals surface area contributed by atoms with Crippen LogP contribution in [-0.4, -0.2) is 6.61 Å². The van der Waals surface area contributed by atoms with Crippen molar-refractivity contribution >= 4 is 6.08 Å². The quantitative estimate of drug-likeness (QED) is 0.632. The molecule has 2 aromatic rings. The van der Waals surface area contributed by atoms with E-state index in [2.05, 4.69) is 64.6 Å². The highest BCUT2D eigenvalue weighted by molar-refractivity contribution is 5.54. The third-order valence-corrected chi connectivity index (χ3v) is 4.14. The van der Waals surface area contributed by atoms with Crippen LogP contribution in [0, 0.1) is 27.7 Å². The zero-order valence-electron chi connectivity index (χ0n) is 14.2. The molecule has 0 fully saturated rings. The van der Waals surface area contributed by atoms with Gasteiger partial charge in [-0.15, -0.1) is 0 Å². The minimum atomic E-state index is 0.756. The first-order chi connectivity index (χ1) is 10.5. The molecule has 0 aliphatic heterocycles. The fourth-order valence-corrected chi connectivity index (χ4v) is 2.70. The van der Waals surface area contributed by atoms with Crippen molar-refractivity contribution < 1.29 is 4.74 Å². The predicted octanol–water partition coefficient (Wildman–Crippen LogP) is 5.57. The van der Waals surface area contributed by atoms with Crippen LogP contribution in [0.15, 0.2) is 36.9 Å². The highest BCUT2D eigenvalue weighted by Gasteiger charge is 2.04. The minimum Gasteiger partial charge on any atom is -0.493 e. The summed E-state index contributed by atoms with van der Waals surface area (Å²) in [5, 5.41) is 0. The van der Waals surface area contributed by atoms with E-state index in [1.807, 2.05) is 6.08 Å². The average Bonchev–Trinajstić information content (AvgIpc) is 2.49. The largest absolute Gasteiger partial charge is 0.493 e. The van der Waals surface area contributed by atoms with E-state index in [9.17, 15) is 0 Å². The van der Waals surface area contributed by atoms with E-state index in [0.29, 0.717) is 0 Å². The lowest BCUT2D eigenvalue weighted by molar-refractivity contribution is 0.308. The summed E-state index contributed by atoms with van der Waals surface area (Å²) in [7, 11) is 0. The van der Waals surface area contributed by atoms with Gasteiger partial charge in [-0.1, -0.05) is 36.9 Å². The van der Waals surface area contributed by atoms with Crippen molar-refractivity contribution in [3.8, 4) is 5.75 Å². The second-order valence-electron chi connectivity index (χ2n) is 6.06. The Labute approximate surface area is 134 Å². The van der Waals surface area contributed by atoms with Gasteiger partial charge in [-0.3, -0.25) is 0 Å². The number of rotatable bonds is 6. The maximum absolute atomic E-state index is 5.94. The summed E-state index contributed by atoms with van der Waals surface area (Å²) in [6, 6.07) is 10.9. The second kappa shape index (κ2) is 7.31. The summed E-state index contributed by atoms with van der Waals surface area (Å²) in [6.45, 7) is 13.1. The Bertz CT molecular complexity index is 668. The molecule has 0 saturated carbocycles. The van der Waals surface area contributed by atoms with Crippen LogP contribution in [0.1, 0.15) is 39.8 Å². The van der Waals surface area contributed by atoms with Gasteiger partial charge in [0.05, 0.1) is 6.61 Å². The van der Waals surface area contributed by atoms with Gasteiger partial charge in [0.2, 0.25) is 0 Å². The third-order valence-electron chi connectivity index (χ3n) is 4.14. The normalized spacial score (nSPS) is 10.5. The van der Waals surface area contributed by atoms with Crippen molar-refractivity contribution in [2.75, 3.05) is 6.61 Å². The maximum atomic E-state index is 5.94. The summed E-state index contributed by atoms with van der Waals surface area (Å²) < 4.78 is 5.94. The van der Waals surface area contributed by atoms with Crippen LogP contribution >= 0.6 is 0 Å². The number of hydrogen-bond acceptors (Lipinski definition) is 1. The molecule has 116 valence electrons. The van der Waals surface area contributed by atoms with Crippen molar-refractivity contribution in [2.45, 2.75) is 40.5 Å². The molecule has 0 aliphatic carbocycles. The molecule has 1 nitrogen and oxygen atoms in total. The summed E-state index contributed by atoms with van der Waals surface area (Å²) in [6.07, 6.45) is 4.01. The zero-order valence-corrected chi connectivity index (χ0v) is 14.2. The van der Waals surface area contributed by atoms with E-state index >= 15 is 0 Å². The van der Waals surface area contributed by atoms with Crippen molar-refractivity contribution in [2.24, 2.45) is 0 Å². The molecule has 0 amide bonds. The Balaban J connectivity index is 1.93. The highest BCUT2D eigenvalue weighted by atomic mass is 16.5. The van der Waals surface area contributed by atoms with Crippen molar-refractivity contribution in [3.63, 3.8) is 0 Å². The fraction of sp³-hybridized carbons (Fsp3) is 0.333. The van der Waals surface area contributed by atoms with Gasteiger partial charge in [-0.05, 0) is 80.0 Å². The van der Waals surface area contributed by atoms with Crippen molar-refractivity contribution in [1.82, 2.24) is 0 Å². The molecule has 0 bridgehead atoms. The molecule has 0 atom stereocenters. The predicted molar refractivity (Wildman–Crippen MR) is 95.7 cm³/mol. The van der Waals surface area contributed by atoms with Crippen LogP contribution in [0.4, 0.5) is 0 Å². The molecule has 22 heavy (non-hydrogen) atoms. The SMILES string of the molecule is C=Cc1cc(C)c(CCCOc2cc(C)ccc2C)cc1C. The van der Waals surface area contributed by atoms with Gasteiger partial charge in [0.25, 0.3) is 0 Å². The first-order valence-corrected chi connectivity index (χ1v) is 7.94. The van der Waals surface area contributed by atoms with Crippen molar-refractivity contribution in [3.05, 3.63) is 70.3 Å². The van der Waals surface area contributed by atoms with Gasteiger partial charge < -0.3 is 4.74 Å². The molecule has 0 radical (unpaired) electrons. The maximum Gasteiger partial charge on any atom is 0.122 e. The van der Waals surface area contributed by atoms with Crippen LogP contribution in [0.5, 0.6) is 5.75 Å². The third kappa shape index (κ3) is 4.00. The smallest absolute Gasteiger partial charge is 0.122 e. The lowest BCUT2D eigenvalue weighted by atomic mass is 9.97. The van der Waals surface area contributed by atoms with Crippen LogP contribution in [-0.2, 0) is 6.42 Å². The molecule has 2 rings (SSSR count). The summed E-state index contributed by atoms with van der Waals surface area (Å²) >= 11 is 0. The lowest BCUT2D eigenvalue weighted by Crippen LogP contribution is -2.02. The van der Waals surface area contributed by atoms with E-state index in [-0.39, 0.29) is 0 Å². The van der Waals surface area contributed by atoms with E-state index < -0.39 is 0 Å². The molecule has 0 saturated heterocycles. The lowest BCUT2D eigenvalue weighted by Gasteiger charge is -2.12. The Hall–Kier alpha value is -2.02. The number of ether oxygens (including phenoxy) is 1. The minimum absolute atomic E-state index is 0.756. The molecular formula is C21H26O. The molecule has 1 heteroatoms. The molecule has 0 heterocycles. The van der Waals surface area contributed by atoms with E-state index in [1.165, 1.54) is 33.4 Å². The van der Waals surface area contributed by atoms with Crippen LogP contribution in [0.3, 0.4) is 0 Å². The molecule has 0 N–H and O–H groups in total. The summed E-state index contributed by atoms with van der Waals surface area (Å²) in [4.78, 5) is 0. The average molecular weight is 294 g/mol. The standard InChI is InChI=1S/C21H26O/c1-6-19-13-18(5)20(14-17(19)4)8-7-11-22-21-12-15(2)9-10-16(21)3/h6,9-10,12-14H,1,7-8,11H2,2-5H3. The van der Waals surface area contributed by atoms with Gasteiger partial charge in [-0.2, -0.15) is 0 Å². The van der Waals surface area contributed by atoms with Crippen LogP contribution in [0.2, 0.25) is 0 Å². The first-order valence-electron chi connectivity index (χ1n) is 7.94. The van der Waals surface area contributed by atoms with E-state index in [4.69, 9.17) is 4.74 Å². The number of aryl methyl sites for hydroxylation is 5. The van der Waals surface area contributed by atoms with Crippen LogP contribution in [0.25, 0.3) is 6.08 Å². The van der Waals surface area contributed by atoms with Crippen LogP contribution < -0.4 is 4.74 Å². The molecule has 0 aliphatic rings. The highest BCUT2D eigenvalue weighted by Crippen LogP contribution is 2.21. The van der Waals surface area contributed by atoms with E-state index in [0.717, 1.165) is 25.2 Å². The molecular weight excluding hydrogens is 268 g/mol. The van der Waals surface area contributed by atoms with Gasteiger partial charge >= 0.3 is 0 Å². The molecule has 2 aromatic carbocycles. The Morgan fingerprint density at radius 3 is 2.45 bits per heavy atom. The Kier molecular flexibility index (Phi) is 5.43. The van der Waals surface area contributed by atoms with Gasteiger partial charge in [0.1, 0.15) is 5.75 Å². The van der Waals surface area contributed by atoms with Crippen molar-refractivity contribution in [1.29, 1.82) is 0 Å². The Morgan fingerprint density at radius 2 is 1.73 bits per heavy atom. The Morgan fingerprint density at radius 1 is 0.955 bits per heavy atom. The second-order valence-corrected chi connectivity index (χ2v) is 6.06. The zero-order chi connectivity index (χ0) is 16.1. The topological polar surface area (TPSA) is 9.23 Å². The molecule has 0 spiro atoms. The first kappa shape index (κ1) is 16.4. The number of benzene rings is 2. The van der Waals surface area contributed by atoms with Gasteiger partial charge in [-0.25, -0.2) is 0 Å². The molecule has 0 unspecified atom stereocenters. The summed E-state index contributed by atoms with van der Waals surface area (Å²) in [5.74, 6) is 1.01. The fourth-order valence-electron chi connectivity index (χ4n) is 2.70. The van der Waals surface area contributed by atoms with E-state index in [1.54, 1.807) is 0 Å². The monoisotopic (exact) mass is 294 g/mol. The van der Waals surface area contributed by atoms with Gasteiger partial charge in [0.15, 0.2) is 0 Å². The summed E-state index contributed by atoms with van der Waals surface area (Å²) in [5.41, 5.74) is 7.72.